The summed E-state index contributed by atoms with van der Waals surface area (Å²) in [5.41, 5.74) is 3.08. The molecule has 15 heavy (non-hydrogen) atoms. The molecule has 0 aliphatic rings. The molecule has 0 aliphatic heterocycles. The highest BCUT2D eigenvalue weighted by Crippen LogP contribution is 2.13. The first-order chi connectivity index (χ1) is 7.06. The molecule has 0 saturated carbocycles. The second-order valence-electron chi connectivity index (χ2n) is 4.28. The minimum Gasteiger partial charge on any atom is -0.342 e. The zero-order valence-corrected chi connectivity index (χ0v) is 10.1. The zero-order chi connectivity index (χ0) is 11.4. The molecule has 0 saturated heterocycles. The lowest BCUT2D eigenvalue weighted by Gasteiger charge is -2.12. The summed E-state index contributed by atoms with van der Waals surface area (Å²) in [5.74, 6) is 0. The van der Waals surface area contributed by atoms with E-state index in [0.29, 0.717) is 0 Å². The maximum Gasteiger partial charge on any atom is 0.166 e. The van der Waals surface area contributed by atoms with E-state index in [9.17, 15) is 4.79 Å². The Balaban J connectivity index is 2.71. The smallest absolute Gasteiger partial charge is 0.166 e. The van der Waals surface area contributed by atoms with Crippen molar-refractivity contribution in [2.75, 3.05) is 20.6 Å². The number of hydrogen-bond acceptors (Lipinski definition) is 2. The van der Waals surface area contributed by atoms with Crippen LogP contribution in [0.2, 0.25) is 0 Å². The Bertz CT molecular complexity index is 340. The minimum atomic E-state index is 0.825. The Morgan fingerprint density at radius 2 is 2.07 bits per heavy atom. The second-order valence-corrected chi connectivity index (χ2v) is 4.28. The van der Waals surface area contributed by atoms with E-state index in [-0.39, 0.29) is 0 Å². The summed E-state index contributed by atoms with van der Waals surface area (Å²) in [4.78, 5) is 13.1. The Morgan fingerprint density at radius 3 is 2.60 bits per heavy atom. The summed E-state index contributed by atoms with van der Waals surface area (Å²) in [6.45, 7) is 6.01. The topological polar surface area (TPSA) is 25.2 Å². The molecule has 0 fully saturated rings. The summed E-state index contributed by atoms with van der Waals surface area (Å²) in [6.07, 6.45) is 2.03. The van der Waals surface area contributed by atoms with Crippen molar-refractivity contribution in [2.45, 2.75) is 26.8 Å². The molecule has 0 N–H and O–H groups in total. The van der Waals surface area contributed by atoms with Gasteiger partial charge in [0.15, 0.2) is 6.29 Å². The van der Waals surface area contributed by atoms with Crippen LogP contribution in [0, 0.1) is 13.8 Å². The molecular weight excluding hydrogens is 188 g/mol. The first-order valence-corrected chi connectivity index (χ1v) is 5.33. The number of aldehydes is 1. The summed E-state index contributed by atoms with van der Waals surface area (Å²) < 4.78 is 2.10. The SMILES string of the molecule is Cc1cc(C)n(CCCN(C)C)c1C=O. The average Bonchev–Trinajstić information content (AvgIpc) is 2.41. The van der Waals surface area contributed by atoms with Crippen molar-refractivity contribution in [3.63, 3.8) is 0 Å². The van der Waals surface area contributed by atoms with Gasteiger partial charge in [-0.25, -0.2) is 0 Å². The molecule has 84 valence electrons. The van der Waals surface area contributed by atoms with Crippen LogP contribution in [0.25, 0.3) is 0 Å². The fraction of sp³-hybridized carbons (Fsp3) is 0.583. The van der Waals surface area contributed by atoms with Gasteiger partial charge in [-0.1, -0.05) is 0 Å². The molecule has 0 spiro atoms. The molecule has 1 heterocycles. The Labute approximate surface area is 91.7 Å². The van der Waals surface area contributed by atoms with Gasteiger partial charge in [-0.05, 0) is 52.5 Å². The van der Waals surface area contributed by atoms with Gasteiger partial charge in [-0.2, -0.15) is 0 Å². The standard InChI is InChI=1S/C12H20N2O/c1-10-8-11(2)14(12(10)9-15)7-5-6-13(3)4/h8-9H,5-7H2,1-4H3. The van der Waals surface area contributed by atoms with Gasteiger partial charge in [0, 0.05) is 12.2 Å². The Kier molecular flexibility index (Phi) is 4.09. The molecule has 0 aromatic carbocycles. The number of hydrogen-bond donors (Lipinski definition) is 0. The molecule has 3 nitrogen and oxygen atoms in total. The van der Waals surface area contributed by atoms with Crippen LogP contribution in [0.4, 0.5) is 0 Å². The van der Waals surface area contributed by atoms with E-state index >= 15 is 0 Å². The molecule has 3 heteroatoms. The molecular formula is C12H20N2O. The molecule has 1 aromatic rings. The Hall–Kier alpha value is -1.09. The van der Waals surface area contributed by atoms with Gasteiger partial charge < -0.3 is 9.47 Å². The van der Waals surface area contributed by atoms with Crippen LogP contribution in [0.15, 0.2) is 6.07 Å². The van der Waals surface area contributed by atoms with Crippen molar-refractivity contribution in [1.29, 1.82) is 0 Å². The fourth-order valence-electron chi connectivity index (χ4n) is 1.87. The van der Waals surface area contributed by atoms with Gasteiger partial charge in [-0.3, -0.25) is 4.79 Å². The number of nitrogens with zero attached hydrogens (tertiary/aromatic N) is 2. The first-order valence-electron chi connectivity index (χ1n) is 5.33. The fourth-order valence-corrected chi connectivity index (χ4v) is 1.87. The van der Waals surface area contributed by atoms with Crippen molar-refractivity contribution in [3.05, 3.63) is 23.0 Å². The zero-order valence-electron chi connectivity index (χ0n) is 10.1. The van der Waals surface area contributed by atoms with Crippen LogP contribution >= 0.6 is 0 Å². The van der Waals surface area contributed by atoms with Crippen molar-refractivity contribution in [1.82, 2.24) is 9.47 Å². The third-order valence-corrected chi connectivity index (χ3v) is 2.64. The molecule has 0 amide bonds. The summed E-state index contributed by atoms with van der Waals surface area (Å²) >= 11 is 0. The van der Waals surface area contributed by atoms with Crippen LogP contribution in [0.1, 0.15) is 28.2 Å². The van der Waals surface area contributed by atoms with E-state index in [2.05, 4.69) is 36.6 Å². The number of carbonyl (C=O) groups excluding carboxylic acids is 1. The molecule has 0 bridgehead atoms. The van der Waals surface area contributed by atoms with Crippen molar-refractivity contribution in [3.8, 4) is 0 Å². The van der Waals surface area contributed by atoms with Crippen LogP contribution in [-0.2, 0) is 6.54 Å². The normalized spacial score (nSPS) is 11.0. The quantitative estimate of drug-likeness (QED) is 0.690. The van der Waals surface area contributed by atoms with Gasteiger partial charge in [-0.15, -0.1) is 0 Å². The Morgan fingerprint density at radius 1 is 1.40 bits per heavy atom. The number of carbonyl (C=O) groups is 1. The predicted molar refractivity (Wildman–Crippen MR) is 62.5 cm³/mol. The van der Waals surface area contributed by atoms with Gasteiger partial charge in [0.05, 0.1) is 5.69 Å². The highest BCUT2D eigenvalue weighted by molar-refractivity contribution is 5.75. The van der Waals surface area contributed by atoms with E-state index in [1.807, 2.05) is 6.92 Å². The number of aryl methyl sites for hydroxylation is 2. The lowest BCUT2D eigenvalue weighted by Crippen LogP contribution is -2.16. The van der Waals surface area contributed by atoms with E-state index < -0.39 is 0 Å². The third kappa shape index (κ3) is 2.93. The lowest BCUT2D eigenvalue weighted by molar-refractivity contribution is 0.111. The molecule has 0 aliphatic carbocycles. The third-order valence-electron chi connectivity index (χ3n) is 2.64. The van der Waals surface area contributed by atoms with E-state index in [1.165, 1.54) is 5.69 Å². The van der Waals surface area contributed by atoms with Crippen molar-refractivity contribution < 1.29 is 4.79 Å². The highest BCUT2D eigenvalue weighted by atomic mass is 16.1. The van der Waals surface area contributed by atoms with Crippen LogP contribution in [0.3, 0.4) is 0 Å². The summed E-state index contributed by atoms with van der Waals surface area (Å²) in [6, 6.07) is 2.07. The van der Waals surface area contributed by atoms with E-state index in [4.69, 9.17) is 0 Å². The molecule has 0 atom stereocenters. The summed E-state index contributed by atoms with van der Waals surface area (Å²) in [7, 11) is 4.13. The van der Waals surface area contributed by atoms with Gasteiger partial charge in [0.25, 0.3) is 0 Å². The van der Waals surface area contributed by atoms with Crippen molar-refractivity contribution >= 4 is 6.29 Å². The molecule has 0 radical (unpaired) electrons. The van der Waals surface area contributed by atoms with Crippen LogP contribution in [0.5, 0.6) is 0 Å². The first kappa shape index (κ1) is 12.0. The maximum absolute atomic E-state index is 10.9. The van der Waals surface area contributed by atoms with Gasteiger partial charge in [0.1, 0.15) is 0 Å². The van der Waals surface area contributed by atoms with Crippen LogP contribution in [-0.4, -0.2) is 36.4 Å². The van der Waals surface area contributed by atoms with Crippen molar-refractivity contribution in [2.24, 2.45) is 0 Å². The lowest BCUT2D eigenvalue weighted by atomic mass is 10.3. The predicted octanol–water partition coefficient (Wildman–Crippen LogP) is 1.87. The second kappa shape index (κ2) is 5.12. The van der Waals surface area contributed by atoms with E-state index in [0.717, 1.165) is 37.1 Å². The highest BCUT2D eigenvalue weighted by Gasteiger charge is 2.08. The number of aromatic nitrogens is 1. The van der Waals surface area contributed by atoms with Gasteiger partial charge >= 0.3 is 0 Å². The summed E-state index contributed by atoms with van der Waals surface area (Å²) in [5, 5.41) is 0. The molecule has 1 aromatic heterocycles. The van der Waals surface area contributed by atoms with Crippen LogP contribution < -0.4 is 0 Å². The van der Waals surface area contributed by atoms with Gasteiger partial charge in [0.2, 0.25) is 0 Å². The molecule has 0 unspecified atom stereocenters. The maximum atomic E-state index is 10.9. The largest absolute Gasteiger partial charge is 0.342 e. The average molecular weight is 208 g/mol. The monoisotopic (exact) mass is 208 g/mol. The minimum absolute atomic E-state index is 0.825. The number of rotatable bonds is 5. The van der Waals surface area contributed by atoms with E-state index in [1.54, 1.807) is 0 Å². The molecule has 1 rings (SSSR count).